The molecular weight excluding hydrogens is 360 g/mol. The van der Waals surface area contributed by atoms with Gasteiger partial charge in [-0.05, 0) is 49.2 Å². The molecule has 27 heavy (non-hydrogen) atoms. The number of rotatable bonds is 4. The lowest BCUT2D eigenvalue weighted by Gasteiger charge is -2.22. The Morgan fingerprint density at radius 1 is 0.889 bits per heavy atom. The van der Waals surface area contributed by atoms with E-state index in [2.05, 4.69) is 37.2 Å². The zero-order valence-corrected chi connectivity index (χ0v) is 16.2. The highest BCUT2D eigenvalue weighted by Crippen LogP contribution is 2.17. The van der Waals surface area contributed by atoms with Crippen LogP contribution in [0.25, 0.3) is 5.82 Å². The summed E-state index contributed by atoms with van der Waals surface area (Å²) in [5.74, 6) is 1.67. The molecule has 0 N–H and O–H groups in total. The van der Waals surface area contributed by atoms with E-state index in [1.165, 1.54) is 5.56 Å². The van der Waals surface area contributed by atoms with Gasteiger partial charge in [-0.1, -0.05) is 23.7 Å². The normalized spacial score (nSPS) is 15.7. The molecule has 3 heterocycles. The lowest BCUT2D eigenvalue weighted by molar-refractivity contribution is 0.285. The molecule has 1 aliphatic rings. The SMILES string of the molecule is Cc1ccn(-c2ccc(N3CCCN(Cc4ccc(Cl)cc4)CC3)nn2)n1. The summed E-state index contributed by atoms with van der Waals surface area (Å²) in [4.78, 5) is 4.80. The van der Waals surface area contributed by atoms with Gasteiger partial charge in [0.2, 0.25) is 0 Å². The Morgan fingerprint density at radius 2 is 1.67 bits per heavy atom. The molecule has 7 heteroatoms. The third kappa shape index (κ3) is 4.46. The summed E-state index contributed by atoms with van der Waals surface area (Å²) in [5.41, 5.74) is 2.26. The highest BCUT2D eigenvalue weighted by atomic mass is 35.5. The topological polar surface area (TPSA) is 50.1 Å². The van der Waals surface area contributed by atoms with Gasteiger partial charge in [-0.2, -0.15) is 5.10 Å². The van der Waals surface area contributed by atoms with E-state index in [1.54, 1.807) is 4.68 Å². The standard InChI is InChI=1S/C20H23ClN6/c1-16-9-12-27(24-16)20-8-7-19(22-23-20)26-11-2-10-25(13-14-26)15-17-3-5-18(21)6-4-17/h3-9,12H,2,10-11,13-15H2,1H3. The second-order valence-electron chi connectivity index (χ2n) is 6.89. The maximum absolute atomic E-state index is 5.98. The summed E-state index contributed by atoms with van der Waals surface area (Å²) in [7, 11) is 0. The van der Waals surface area contributed by atoms with E-state index in [0.29, 0.717) is 0 Å². The van der Waals surface area contributed by atoms with Crippen LogP contribution in [0.3, 0.4) is 0 Å². The fourth-order valence-corrected chi connectivity index (χ4v) is 3.48. The van der Waals surface area contributed by atoms with Gasteiger partial charge in [0, 0.05) is 43.9 Å². The number of hydrogen-bond acceptors (Lipinski definition) is 5. The molecule has 6 nitrogen and oxygen atoms in total. The quantitative estimate of drug-likeness (QED) is 0.692. The van der Waals surface area contributed by atoms with Gasteiger partial charge in [-0.15, -0.1) is 10.2 Å². The van der Waals surface area contributed by atoms with Crippen molar-refractivity contribution < 1.29 is 0 Å². The highest BCUT2D eigenvalue weighted by molar-refractivity contribution is 6.30. The van der Waals surface area contributed by atoms with Crippen LogP contribution >= 0.6 is 11.6 Å². The van der Waals surface area contributed by atoms with Crippen molar-refractivity contribution in [3.8, 4) is 5.82 Å². The third-order valence-electron chi connectivity index (χ3n) is 4.83. The minimum Gasteiger partial charge on any atom is -0.354 e. The molecule has 1 fully saturated rings. The number of aryl methyl sites for hydroxylation is 1. The maximum atomic E-state index is 5.98. The molecule has 4 rings (SSSR count). The second-order valence-corrected chi connectivity index (χ2v) is 7.33. The predicted molar refractivity (Wildman–Crippen MR) is 107 cm³/mol. The molecule has 0 atom stereocenters. The largest absolute Gasteiger partial charge is 0.354 e. The number of aromatic nitrogens is 4. The van der Waals surface area contributed by atoms with Crippen LogP contribution in [0.5, 0.6) is 0 Å². The molecular formula is C20H23ClN6. The zero-order chi connectivity index (χ0) is 18.6. The molecule has 140 valence electrons. The van der Waals surface area contributed by atoms with Crippen molar-refractivity contribution in [2.75, 3.05) is 31.1 Å². The van der Waals surface area contributed by atoms with Crippen molar-refractivity contribution in [1.29, 1.82) is 0 Å². The number of benzene rings is 1. The van der Waals surface area contributed by atoms with Gasteiger partial charge in [-0.25, -0.2) is 4.68 Å². The third-order valence-corrected chi connectivity index (χ3v) is 5.08. The first-order valence-electron chi connectivity index (χ1n) is 9.25. The van der Waals surface area contributed by atoms with Gasteiger partial charge >= 0.3 is 0 Å². The Balaban J connectivity index is 1.38. The number of nitrogens with zero attached hydrogens (tertiary/aromatic N) is 6. The van der Waals surface area contributed by atoms with E-state index in [1.807, 2.05) is 43.5 Å². The van der Waals surface area contributed by atoms with Crippen LogP contribution in [0.2, 0.25) is 5.02 Å². The Hall–Kier alpha value is -2.44. The summed E-state index contributed by atoms with van der Waals surface area (Å²) >= 11 is 5.98. The van der Waals surface area contributed by atoms with Crippen LogP contribution in [0.15, 0.2) is 48.7 Å². The van der Waals surface area contributed by atoms with Gasteiger partial charge in [-0.3, -0.25) is 4.90 Å². The summed E-state index contributed by atoms with van der Waals surface area (Å²) < 4.78 is 1.75. The summed E-state index contributed by atoms with van der Waals surface area (Å²) in [6.45, 7) is 6.94. The van der Waals surface area contributed by atoms with Gasteiger partial charge < -0.3 is 4.90 Å². The highest BCUT2D eigenvalue weighted by Gasteiger charge is 2.17. The van der Waals surface area contributed by atoms with Crippen molar-refractivity contribution >= 4 is 17.4 Å². The van der Waals surface area contributed by atoms with Crippen LogP contribution in [-0.2, 0) is 6.54 Å². The van der Waals surface area contributed by atoms with Gasteiger partial charge in [0.1, 0.15) is 0 Å². The van der Waals surface area contributed by atoms with E-state index in [4.69, 9.17) is 11.6 Å². The molecule has 2 aromatic heterocycles. The minimum atomic E-state index is 0.742. The van der Waals surface area contributed by atoms with Crippen LogP contribution in [0, 0.1) is 6.92 Å². The van der Waals surface area contributed by atoms with Crippen molar-refractivity contribution in [2.45, 2.75) is 19.9 Å². The Kier molecular flexibility index (Phi) is 5.36. The lowest BCUT2D eigenvalue weighted by Crippen LogP contribution is -2.31. The monoisotopic (exact) mass is 382 g/mol. The van der Waals surface area contributed by atoms with Gasteiger partial charge in [0.25, 0.3) is 0 Å². The van der Waals surface area contributed by atoms with Crippen LogP contribution in [0.1, 0.15) is 17.7 Å². The fourth-order valence-electron chi connectivity index (χ4n) is 3.36. The maximum Gasteiger partial charge on any atom is 0.175 e. The summed E-state index contributed by atoms with van der Waals surface area (Å²) in [6.07, 6.45) is 3.01. The average molecular weight is 383 g/mol. The summed E-state index contributed by atoms with van der Waals surface area (Å²) in [5, 5.41) is 13.9. The molecule has 0 amide bonds. The number of anilines is 1. The zero-order valence-electron chi connectivity index (χ0n) is 15.4. The first-order valence-corrected chi connectivity index (χ1v) is 9.63. The van der Waals surface area contributed by atoms with Crippen molar-refractivity contribution in [1.82, 2.24) is 24.9 Å². The van der Waals surface area contributed by atoms with Crippen molar-refractivity contribution in [3.63, 3.8) is 0 Å². The second kappa shape index (κ2) is 8.06. The molecule has 1 saturated heterocycles. The lowest BCUT2D eigenvalue weighted by atomic mass is 10.2. The first-order chi connectivity index (χ1) is 13.2. The molecule has 1 aliphatic heterocycles. The summed E-state index contributed by atoms with van der Waals surface area (Å²) in [6, 6.07) is 14.1. The predicted octanol–water partition coefficient (Wildman–Crippen LogP) is 3.34. The van der Waals surface area contributed by atoms with Crippen LogP contribution < -0.4 is 4.90 Å². The van der Waals surface area contributed by atoms with Gasteiger partial charge in [0.15, 0.2) is 11.6 Å². The van der Waals surface area contributed by atoms with E-state index >= 15 is 0 Å². The minimum absolute atomic E-state index is 0.742. The van der Waals surface area contributed by atoms with Crippen molar-refractivity contribution in [2.24, 2.45) is 0 Å². The van der Waals surface area contributed by atoms with Gasteiger partial charge in [0.05, 0.1) is 5.69 Å². The molecule has 0 bridgehead atoms. The van der Waals surface area contributed by atoms with Crippen LogP contribution in [-0.4, -0.2) is 51.1 Å². The van der Waals surface area contributed by atoms with Crippen molar-refractivity contribution in [3.05, 3.63) is 64.9 Å². The molecule has 0 unspecified atom stereocenters. The molecule has 0 radical (unpaired) electrons. The number of halogens is 1. The van der Waals surface area contributed by atoms with Crippen LogP contribution in [0.4, 0.5) is 5.82 Å². The fraction of sp³-hybridized carbons (Fsp3) is 0.350. The first kappa shape index (κ1) is 17.9. The Bertz CT molecular complexity index is 874. The average Bonchev–Trinajstić information content (AvgIpc) is 2.99. The Morgan fingerprint density at radius 3 is 2.37 bits per heavy atom. The smallest absolute Gasteiger partial charge is 0.175 e. The van der Waals surface area contributed by atoms with E-state index < -0.39 is 0 Å². The van der Waals surface area contributed by atoms with E-state index in [0.717, 1.165) is 61.5 Å². The van der Waals surface area contributed by atoms with E-state index in [9.17, 15) is 0 Å². The molecule has 1 aromatic carbocycles. The Labute approximate surface area is 164 Å². The molecule has 3 aromatic rings. The molecule has 0 aliphatic carbocycles. The molecule has 0 saturated carbocycles. The molecule has 0 spiro atoms. The number of hydrogen-bond donors (Lipinski definition) is 0. The van der Waals surface area contributed by atoms with E-state index in [-0.39, 0.29) is 0 Å².